The van der Waals surface area contributed by atoms with Crippen molar-refractivity contribution in [2.24, 2.45) is 10.9 Å². The molecule has 0 bridgehead atoms. The van der Waals surface area contributed by atoms with Crippen molar-refractivity contribution in [1.82, 2.24) is 0 Å². The molecule has 16 heavy (non-hydrogen) atoms. The van der Waals surface area contributed by atoms with Gasteiger partial charge in [-0.15, -0.1) is 11.8 Å². The van der Waals surface area contributed by atoms with Gasteiger partial charge in [0.25, 0.3) is 5.69 Å². The van der Waals surface area contributed by atoms with Gasteiger partial charge in [0.2, 0.25) is 0 Å². The van der Waals surface area contributed by atoms with Crippen molar-refractivity contribution in [3.05, 3.63) is 34.4 Å². The molecule has 7 heteroatoms. The number of nitrogens with two attached hydrogens (primary N) is 1. The SMILES string of the molecule is N/C(CCSc1ccccc1[N+](=O)[O-])=N\O. The first kappa shape index (κ1) is 12.3. The van der Waals surface area contributed by atoms with Crippen LogP contribution in [-0.4, -0.2) is 21.7 Å². The van der Waals surface area contributed by atoms with Gasteiger partial charge >= 0.3 is 0 Å². The molecule has 0 spiro atoms. The monoisotopic (exact) mass is 241 g/mol. The van der Waals surface area contributed by atoms with E-state index in [1.807, 2.05) is 0 Å². The van der Waals surface area contributed by atoms with Crippen LogP contribution in [0.2, 0.25) is 0 Å². The van der Waals surface area contributed by atoms with Crippen LogP contribution in [0.15, 0.2) is 34.3 Å². The highest BCUT2D eigenvalue weighted by Gasteiger charge is 2.12. The van der Waals surface area contributed by atoms with E-state index in [4.69, 9.17) is 10.9 Å². The Hall–Kier alpha value is -1.76. The number of amidine groups is 1. The molecule has 0 aliphatic heterocycles. The molecule has 0 saturated heterocycles. The van der Waals surface area contributed by atoms with E-state index in [-0.39, 0.29) is 11.5 Å². The van der Waals surface area contributed by atoms with E-state index >= 15 is 0 Å². The lowest BCUT2D eigenvalue weighted by Gasteiger charge is -2.01. The minimum absolute atomic E-state index is 0.0759. The van der Waals surface area contributed by atoms with Crippen LogP contribution < -0.4 is 5.73 Å². The van der Waals surface area contributed by atoms with Crippen molar-refractivity contribution in [3.63, 3.8) is 0 Å². The second-order valence-electron chi connectivity index (χ2n) is 2.91. The van der Waals surface area contributed by atoms with Crippen LogP contribution in [0, 0.1) is 10.1 Å². The number of nitro benzene ring substituents is 1. The number of benzene rings is 1. The summed E-state index contributed by atoms with van der Waals surface area (Å²) in [6, 6.07) is 6.48. The highest BCUT2D eigenvalue weighted by Crippen LogP contribution is 2.28. The molecule has 1 aromatic carbocycles. The summed E-state index contributed by atoms with van der Waals surface area (Å²) in [7, 11) is 0. The summed E-state index contributed by atoms with van der Waals surface area (Å²) < 4.78 is 0. The van der Waals surface area contributed by atoms with E-state index in [1.165, 1.54) is 17.8 Å². The molecule has 0 saturated carbocycles. The molecule has 0 heterocycles. The quantitative estimate of drug-likeness (QED) is 0.204. The topological polar surface area (TPSA) is 102 Å². The standard InChI is InChI=1S/C9H11N3O3S/c10-9(11-13)5-6-16-8-4-2-1-3-7(8)12(14)15/h1-4,13H,5-6H2,(H2,10,11). The Bertz CT molecular complexity index is 409. The number of thioether (sulfide) groups is 1. The molecule has 0 atom stereocenters. The van der Waals surface area contributed by atoms with Crippen molar-refractivity contribution in [3.8, 4) is 0 Å². The molecule has 0 radical (unpaired) electrons. The number of rotatable bonds is 5. The molecule has 6 nitrogen and oxygen atoms in total. The van der Waals surface area contributed by atoms with Crippen molar-refractivity contribution in [2.45, 2.75) is 11.3 Å². The first-order valence-corrected chi connectivity index (χ1v) is 5.46. The average molecular weight is 241 g/mol. The van der Waals surface area contributed by atoms with Gasteiger partial charge < -0.3 is 10.9 Å². The zero-order valence-corrected chi connectivity index (χ0v) is 9.18. The number of hydrogen-bond acceptors (Lipinski definition) is 5. The van der Waals surface area contributed by atoms with Crippen LogP contribution in [0.5, 0.6) is 0 Å². The Morgan fingerprint density at radius 3 is 2.88 bits per heavy atom. The maximum Gasteiger partial charge on any atom is 0.282 e. The lowest BCUT2D eigenvalue weighted by Crippen LogP contribution is -2.12. The van der Waals surface area contributed by atoms with Crippen molar-refractivity contribution < 1.29 is 10.1 Å². The second kappa shape index (κ2) is 5.96. The smallest absolute Gasteiger partial charge is 0.282 e. The first-order chi connectivity index (χ1) is 7.65. The predicted octanol–water partition coefficient (Wildman–Crippen LogP) is 1.82. The van der Waals surface area contributed by atoms with Crippen LogP contribution in [0.1, 0.15) is 6.42 Å². The molecule has 0 aromatic heterocycles. The number of para-hydroxylation sites is 1. The van der Waals surface area contributed by atoms with Gasteiger partial charge in [-0.1, -0.05) is 17.3 Å². The Balaban J connectivity index is 2.63. The summed E-state index contributed by atoms with van der Waals surface area (Å²) in [6.45, 7) is 0. The first-order valence-electron chi connectivity index (χ1n) is 4.47. The van der Waals surface area contributed by atoms with Crippen molar-refractivity contribution >= 4 is 23.3 Å². The van der Waals surface area contributed by atoms with Crippen molar-refractivity contribution in [1.29, 1.82) is 0 Å². The number of hydrogen-bond donors (Lipinski definition) is 2. The van der Waals surface area contributed by atoms with E-state index in [0.717, 1.165) is 0 Å². The van der Waals surface area contributed by atoms with Gasteiger partial charge in [0.15, 0.2) is 0 Å². The van der Waals surface area contributed by atoms with Gasteiger partial charge in [0.1, 0.15) is 5.84 Å². The summed E-state index contributed by atoms with van der Waals surface area (Å²) in [4.78, 5) is 10.8. The Labute approximate surface area is 96.3 Å². The van der Waals surface area contributed by atoms with E-state index in [0.29, 0.717) is 17.1 Å². The Morgan fingerprint density at radius 1 is 1.56 bits per heavy atom. The molecule has 1 rings (SSSR count). The number of nitrogens with zero attached hydrogens (tertiary/aromatic N) is 2. The van der Waals surface area contributed by atoms with Crippen molar-refractivity contribution in [2.75, 3.05) is 5.75 Å². The van der Waals surface area contributed by atoms with E-state index in [9.17, 15) is 10.1 Å². The molecule has 0 amide bonds. The third-order valence-electron chi connectivity index (χ3n) is 1.81. The molecular formula is C9H11N3O3S. The highest BCUT2D eigenvalue weighted by atomic mass is 32.2. The van der Waals surface area contributed by atoms with Crippen LogP contribution in [0.25, 0.3) is 0 Å². The van der Waals surface area contributed by atoms with Gasteiger partial charge in [0.05, 0.1) is 9.82 Å². The summed E-state index contributed by atoms with van der Waals surface area (Å²) in [6.07, 6.45) is 0.382. The zero-order valence-electron chi connectivity index (χ0n) is 8.37. The molecule has 0 unspecified atom stereocenters. The average Bonchev–Trinajstić information content (AvgIpc) is 2.29. The van der Waals surface area contributed by atoms with Crippen LogP contribution in [0.4, 0.5) is 5.69 Å². The highest BCUT2D eigenvalue weighted by molar-refractivity contribution is 7.99. The molecular weight excluding hydrogens is 230 g/mol. The van der Waals surface area contributed by atoms with E-state index in [2.05, 4.69) is 5.16 Å². The van der Waals surface area contributed by atoms with E-state index in [1.54, 1.807) is 18.2 Å². The second-order valence-corrected chi connectivity index (χ2v) is 4.05. The maximum absolute atomic E-state index is 10.7. The Morgan fingerprint density at radius 2 is 2.25 bits per heavy atom. The summed E-state index contributed by atoms with van der Waals surface area (Å²) in [5.41, 5.74) is 5.36. The van der Waals surface area contributed by atoms with Gasteiger partial charge in [-0.3, -0.25) is 10.1 Å². The normalized spacial score (nSPS) is 11.4. The largest absolute Gasteiger partial charge is 0.409 e. The van der Waals surface area contributed by atoms with Gasteiger partial charge in [0, 0.05) is 18.2 Å². The van der Waals surface area contributed by atoms with Gasteiger partial charge in [-0.25, -0.2) is 0 Å². The fourth-order valence-corrected chi connectivity index (χ4v) is 2.04. The summed E-state index contributed by atoms with van der Waals surface area (Å²) in [5.74, 6) is 0.645. The summed E-state index contributed by atoms with van der Waals surface area (Å²) in [5, 5.41) is 21.8. The minimum atomic E-state index is -0.425. The lowest BCUT2D eigenvalue weighted by atomic mass is 10.3. The molecule has 0 fully saturated rings. The predicted molar refractivity (Wildman–Crippen MR) is 61.8 cm³/mol. The fourth-order valence-electron chi connectivity index (χ4n) is 1.05. The zero-order chi connectivity index (χ0) is 12.0. The van der Waals surface area contributed by atoms with Crippen LogP contribution in [0.3, 0.4) is 0 Å². The number of nitro groups is 1. The van der Waals surface area contributed by atoms with Crippen LogP contribution in [-0.2, 0) is 0 Å². The molecule has 3 N–H and O–H groups in total. The Kier molecular flexibility index (Phi) is 4.59. The third kappa shape index (κ3) is 3.43. The minimum Gasteiger partial charge on any atom is -0.409 e. The molecule has 0 aliphatic carbocycles. The third-order valence-corrected chi connectivity index (χ3v) is 2.87. The fraction of sp³-hybridized carbons (Fsp3) is 0.222. The molecule has 86 valence electrons. The molecule has 1 aromatic rings. The van der Waals surface area contributed by atoms with Crippen LogP contribution >= 0.6 is 11.8 Å². The van der Waals surface area contributed by atoms with E-state index < -0.39 is 4.92 Å². The maximum atomic E-state index is 10.7. The van der Waals surface area contributed by atoms with Gasteiger partial charge in [-0.05, 0) is 6.07 Å². The van der Waals surface area contributed by atoms with Gasteiger partial charge in [-0.2, -0.15) is 0 Å². The summed E-state index contributed by atoms with van der Waals surface area (Å²) >= 11 is 1.31. The lowest BCUT2D eigenvalue weighted by molar-refractivity contribution is -0.387. The number of oxime groups is 1. The molecule has 0 aliphatic rings.